The van der Waals surface area contributed by atoms with E-state index in [4.69, 9.17) is 9.47 Å². The number of urea groups is 1. The quantitative estimate of drug-likeness (QED) is 0.566. The van der Waals surface area contributed by atoms with E-state index in [1.54, 1.807) is 31.6 Å². The summed E-state index contributed by atoms with van der Waals surface area (Å²) in [6.45, 7) is 1.98. The van der Waals surface area contributed by atoms with Crippen LogP contribution in [0.5, 0.6) is 11.6 Å². The molecule has 1 aliphatic heterocycles. The van der Waals surface area contributed by atoms with E-state index in [1.807, 2.05) is 29.3 Å². The van der Waals surface area contributed by atoms with Gasteiger partial charge in [-0.05, 0) is 48.2 Å². The predicted molar refractivity (Wildman–Crippen MR) is 128 cm³/mol. The zero-order valence-corrected chi connectivity index (χ0v) is 18.7. The van der Waals surface area contributed by atoms with Gasteiger partial charge < -0.3 is 19.7 Å². The molecule has 1 aliphatic rings. The molecule has 1 saturated heterocycles. The van der Waals surface area contributed by atoms with Gasteiger partial charge in [0.05, 0.1) is 25.6 Å². The van der Waals surface area contributed by atoms with E-state index >= 15 is 0 Å². The van der Waals surface area contributed by atoms with Crippen molar-refractivity contribution in [3.63, 3.8) is 0 Å². The van der Waals surface area contributed by atoms with Crippen molar-refractivity contribution in [1.82, 2.24) is 14.9 Å². The Kier molecular flexibility index (Phi) is 7.53. The molecular formula is C26H28N4O3. The molecule has 7 nitrogen and oxygen atoms in total. The minimum Gasteiger partial charge on any atom is -0.493 e. The number of hydrogen-bond donors (Lipinski definition) is 1. The minimum absolute atomic E-state index is 0.106. The Hall–Kier alpha value is -3.87. The number of hydrogen-bond acceptors (Lipinski definition) is 5. The van der Waals surface area contributed by atoms with Crippen LogP contribution < -0.4 is 14.8 Å². The van der Waals surface area contributed by atoms with Gasteiger partial charge in [0.15, 0.2) is 0 Å². The number of rotatable bonds is 7. The summed E-state index contributed by atoms with van der Waals surface area (Å²) in [4.78, 5) is 22.6. The van der Waals surface area contributed by atoms with Crippen LogP contribution in [0.25, 0.3) is 6.08 Å². The van der Waals surface area contributed by atoms with E-state index < -0.39 is 0 Å². The molecule has 3 heterocycles. The molecule has 0 spiro atoms. The molecule has 1 fully saturated rings. The molecule has 1 N–H and O–H groups in total. The van der Waals surface area contributed by atoms with Gasteiger partial charge in [0.1, 0.15) is 5.75 Å². The first-order valence-electron chi connectivity index (χ1n) is 11.1. The lowest BCUT2D eigenvalue weighted by atomic mass is 10.0. The fourth-order valence-electron chi connectivity index (χ4n) is 3.68. The van der Waals surface area contributed by atoms with Crippen LogP contribution in [-0.4, -0.2) is 47.7 Å². The van der Waals surface area contributed by atoms with Crippen LogP contribution in [0.3, 0.4) is 0 Å². The molecule has 3 aromatic rings. The number of nitrogens with one attached hydrogen (secondary N) is 1. The zero-order chi connectivity index (χ0) is 22.9. The summed E-state index contributed by atoms with van der Waals surface area (Å²) in [7, 11) is 1.56. The van der Waals surface area contributed by atoms with Gasteiger partial charge in [-0.1, -0.05) is 29.8 Å². The highest BCUT2D eigenvalue weighted by Crippen LogP contribution is 2.22. The standard InChI is InChI=1S/C26H28N4O3/c1-32-25-8-7-23(19-28-25)29-26(31)30-13-9-20(10-14-30)16-22-4-2-6-24(17-22)33-15-11-21-5-3-12-27-18-21/h2-8,12,16-19H,9-11,13-15H2,1H3,(H,29,31). The Labute approximate surface area is 194 Å². The highest BCUT2D eigenvalue weighted by Gasteiger charge is 2.19. The van der Waals surface area contributed by atoms with Gasteiger partial charge in [0, 0.05) is 38.0 Å². The number of ether oxygens (including phenoxy) is 2. The third-order valence-electron chi connectivity index (χ3n) is 5.50. The molecule has 0 aliphatic carbocycles. The molecule has 4 rings (SSSR count). The number of pyridine rings is 2. The summed E-state index contributed by atoms with van der Waals surface area (Å²) in [5.74, 6) is 1.38. The molecule has 0 saturated carbocycles. The van der Waals surface area contributed by atoms with Crippen molar-refractivity contribution in [3.05, 3.63) is 83.8 Å². The van der Waals surface area contributed by atoms with Gasteiger partial charge in [-0.2, -0.15) is 0 Å². The molecule has 0 atom stereocenters. The summed E-state index contributed by atoms with van der Waals surface area (Å²) in [5.41, 5.74) is 4.26. The normalized spacial score (nSPS) is 13.4. The van der Waals surface area contributed by atoms with Crippen LogP contribution >= 0.6 is 0 Å². The van der Waals surface area contributed by atoms with E-state index in [-0.39, 0.29) is 6.03 Å². The maximum absolute atomic E-state index is 12.6. The Morgan fingerprint density at radius 2 is 2.00 bits per heavy atom. The van der Waals surface area contributed by atoms with E-state index in [1.165, 1.54) is 5.57 Å². The lowest BCUT2D eigenvalue weighted by Gasteiger charge is -2.28. The summed E-state index contributed by atoms with van der Waals surface area (Å²) >= 11 is 0. The van der Waals surface area contributed by atoms with Crippen molar-refractivity contribution in [2.24, 2.45) is 0 Å². The van der Waals surface area contributed by atoms with Crippen LogP contribution in [0.15, 0.2) is 72.7 Å². The second-order valence-corrected chi connectivity index (χ2v) is 7.84. The lowest BCUT2D eigenvalue weighted by Crippen LogP contribution is -2.39. The Balaban J connectivity index is 1.26. The number of benzene rings is 1. The number of carbonyl (C=O) groups excluding carboxylic acids is 1. The number of piperidine rings is 1. The van der Waals surface area contributed by atoms with E-state index in [9.17, 15) is 4.79 Å². The predicted octanol–water partition coefficient (Wildman–Crippen LogP) is 4.82. The Bertz CT molecular complexity index is 1070. The second kappa shape index (κ2) is 11.1. The largest absolute Gasteiger partial charge is 0.493 e. The third kappa shape index (κ3) is 6.55. The monoisotopic (exact) mass is 444 g/mol. The highest BCUT2D eigenvalue weighted by atomic mass is 16.5. The van der Waals surface area contributed by atoms with Crippen molar-refractivity contribution >= 4 is 17.8 Å². The topological polar surface area (TPSA) is 76.6 Å². The van der Waals surface area contributed by atoms with Crippen LogP contribution in [0.2, 0.25) is 0 Å². The lowest BCUT2D eigenvalue weighted by molar-refractivity contribution is 0.208. The fraction of sp³-hybridized carbons (Fsp3) is 0.269. The van der Waals surface area contributed by atoms with Crippen molar-refractivity contribution < 1.29 is 14.3 Å². The Morgan fingerprint density at radius 1 is 1.12 bits per heavy atom. The first-order chi connectivity index (χ1) is 16.2. The van der Waals surface area contributed by atoms with Crippen LogP contribution in [-0.2, 0) is 6.42 Å². The van der Waals surface area contributed by atoms with Gasteiger partial charge in [-0.15, -0.1) is 0 Å². The zero-order valence-electron chi connectivity index (χ0n) is 18.7. The van der Waals surface area contributed by atoms with Gasteiger partial charge >= 0.3 is 6.03 Å². The number of aromatic nitrogens is 2. The molecule has 2 amide bonds. The van der Waals surface area contributed by atoms with Gasteiger partial charge in [0.2, 0.25) is 5.88 Å². The van der Waals surface area contributed by atoms with Gasteiger partial charge in [-0.25, -0.2) is 9.78 Å². The smallest absolute Gasteiger partial charge is 0.321 e. The second-order valence-electron chi connectivity index (χ2n) is 7.84. The molecule has 0 unspecified atom stereocenters. The fourth-order valence-corrected chi connectivity index (χ4v) is 3.68. The van der Waals surface area contributed by atoms with E-state index in [2.05, 4.69) is 39.6 Å². The van der Waals surface area contributed by atoms with Crippen molar-refractivity contribution in [2.45, 2.75) is 19.3 Å². The Morgan fingerprint density at radius 3 is 2.73 bits per heavy atom. The first kappa shape index (κ1) is 22.3. The molecule has 1 aromatic carbocycles. The number of likely N-dealkylation sites (tertiary alicyclic amines) is 1. The first-order valence-corrected chi connectivity index (χ1v) is 11.1. The maximum atomic E-state index is 12.6. The van der Waals surface area contributed by atoms with Gasteiger partial charge in [0.25, 0.3) is 0 Å². The van der Waals surface area contributed by atoms with Gasteiger partial charge in [-0.3, -0.25) is 4.98 Å². The van der Waals surface area contributed by atoms with Crippen molar-refractivity contribution in [3.8, 4) is 11.6 Å². The molecule has 0 bridgehead atoms. The number of anilines is 1. The number of methoxy groups -OCH3 is 1. The van der Waals surface area contributed by atoms with Crippen LogP contribution in [0, 0.1) is 0 Å². The third-order valence-corrected chi connectivity index (χ3v) is 5.50. The van der Waals surface area contributed by atoms with Crippen molar-refractivity contribution in [2.75, 3.05) is 32.1 Å². The minimum atomic E-state index is -0.106. The summed E-state index contributed by atoms with van der Waals surface area (Å²) in [5, 5.41) is 2.90. The van der Waals surface area contributed by atoms with Crippen LogP contribution in [0.1, 0.15) is 24.0 Å². The molecule has 2 aromatic heterocycles. The average Bonchev–Trinajstić information content (AvgIpc) is 2.86. The molecule has 33 heavy (non-hydrogen) atoms. The summed E-state index contributed by atoms with van der Waals surface area (Å²) < 4.78 is 11.0. The number of amides is 2. The molecular weight excluding hydrogens is 416 g/mol. The molecule has 170 valence electrons. The number of nitrogens with zero attached hydrogens (tertiary/aromatic N) is 3. The van der Waals surface area contributed by atoms with Crippen molar-refractivity contribution in [1.29, 1.82) is 0 Å². The van der Waals surface area contributed by atoms with E-state index in [0.717, 1.165) is 36.1 Å². The SMILES string of the molecule is COc1ccc(NC(=O)N2CCC(=Cc3cccc(OCCc4cccnc4)c3)CC2)cn1. The molecule has 7 heteroatoms. The summed E-state index contributed by atoms with van der Waals surface area (Å²) in [6, 6.07) is 15.5. The van der Waals surface area contributed by atoms with E-state index in [0.29, 0.717) is 31.3 Å². The highest BCUT2D eigenvalue weighted by molar-refractivity contribution is 5.89. The number of carbonyl (C=O) groups is 1. The maximum Gasteiger partial charge on any atom is 0.321 e. The summed E-state index contributed by atoms with van der Waals surface area (Å²) in [6.07, 6.45) is 9.96. The van der Waals surface area contributed by atoms with Crippen LogP contribution in [0.4, 0.5) is 10.5 Å². The average molecular weight is 445 g/mol. The molecule has 0 radical (unpaired) electrons.